The number of nitrogens with zero attached hydrogens (tertiary/aromatic N) is 3. The van der Waals surface area contributed by atoms with Crippen LogP contribution < -0.4 is 11.3 Å². The number of aromatic nitrogens is 2. The van der Waals surface area contributed by atoms with Gasteiger partial charge in [0.2, 0.25) is 0 Å². The maximum Gasteiger partial charge on any atom is 0.257 e. The quantitative estimate of drug-likeness (QED) is 0.631. The molecule has 1 amide bonds. The molecule has 0 aromatic carbocycles. The van der Waals surface area contributed by atoms with Crippen LogP contribution in [0, 0.1) is 0 Å². The Balaban J connectivity index is 2.15. The molecule has 6 heteroatoms. The van der Waals surface area contributed by atoms with Gasteiger partial charge in [-0.15, -0.1) is 0 Å². The number of amides is 1. The number of hydrogen-bond acceptors (Lipinski definition) is 5. The van der Waals surface area contributed by atoms with Crippen molar-refractivity contribution >= 4 is 11.6 Å². The Bertz CT molecular complexity index is 558. The second-order valence-corrected chi connectivity index (χ2v) is 4.08. The fourth-order valence-corrected chi connectivity index (χ4v) is 1.73. The first kappa shape index (κ1) is 13.0. The number of hydrogen-bond donors (Lipinski definition) is 2. The fourth-order valence-electron chi connectivity index (χ4n) is 1.73. The molecule has 0 unspecified atom stereocenters. The Kier molecular flexibility index (Phi) is 4.04. The molecule has 0 radical (unpaired) electrons. The maximum atomic E-state index is 12.3. The molecular weight excluding hydrogens is 242 g/mol. The lowest BCUT2D eigenvalue weighted by molar-refractivity contribution is 0.0785. The molecule has 0 saturated carbocycles. The highest BCUT2D eigenvalue weighted by Crippen LogP contribution is 2.15. The van der Waals surface area contributed by atoms with Crippen molar-refractivity contribution in [3.63, 3.8) is 0 Å². The van der Waals surface area contributed by atoms with Crippen molar-refractivity contribution in [1.29, 1.82) is 0 Å². The molecule has 2 heterocycles. The van der Waals surface area contributed by atoms with E-state index in [-0.39, 0.29) is 5.91 Å². The molecule has 6 nitrogen and oxygen atoms in total. The van der Waals surface area contributed by atoms with E-state index >= 15 is 0 Å². The van der Waals surface area contributed by atoms with Crippen molar-refractivity contribution in [2.45, 2.75) is 6.54 Å². The van der Waals surface area contributed by atoms with Gasteiger partial charge in [0.15, 0.2) is 0 Å². The SMILES string of the molecule is CN(Cc1ccncc1)C(=O)c1cnccc1NN. The zero-order valence-electron chi connectivity index (χ0n) is 10.6. The summed E-state index contributed by atoms with van der Waals surface area (Å²) >= 11 is 0. The van der Waals surface area contributed by atoms with Gasteiger partial charge in [0.25, 0.3) is 5.91 Å². The number of carbonyl (C=O) groups excluding carboxylic acids is 1. The van der Waals surface area contributed by atoms with E-state index < -0.39 is 0 Å². The van der Waals surface area contributed by atoms with E-state index in [1.807, 2.05) is 12.1 Å². The standard InChI is InChI=1S/C13H15N5O/c1-18(9-10-2-5-15-6-3-10)13(19)11-8-16-7-4-12(11)17-14/h2-8H,9,14H2,1H3,(H,16,17). The molecule has 0 bridgehead atoms. The Hall–Kier alpha value is -2.47. The minimum Gasteiger partial charge on any atom is -0.337 e. The molecule has 0 fully saturated rings. The summed E-state index contributed by atoms with van der Waals surface area (Å²) in [6.07, 6.45) is 6.48. The van der Waals surface area contributed by atoms with Crippen LogP contribution in [0.25, 0.3) is 0 Å². The molecule has 0 aliphatic heterocycles. The van der Waals surface area contributed by atoms with Crippen LogP contribution in [-0.4, -0.2) is 27.8 Å². The van der Waals surface area contributed by atoms with Gasteiger partial charge < -0.3 is 10.3 Å². The topological polar surface area (TPSA) is 84.1 Å². The van der Waals surface area contributed by atoms with E-state index in [4.69, 9.17) is 5.84 Å². The first-order chi connectivity index (χ1) is 9.22. The number of pyridine rings is 2. The second kappa shape index (κ2) is 5.92. The molecular formula is C13H15N5O. The molecule has 3 N–H and O–H groups in total. The van der Waals surface area contributed by atoms with E-state index in [2.05, 4.69) is 15.4 Å². The predicted molar refractivity (Wildman–Crippen MR) is 72.1 cm³/mol. The molecule has 2 rings (SSSR count). The molecule has 98 valence electrons. The van der Waals surface area contributed by atoms with Gasteiger partial charge in [0.1, 0.15) is 0 Å². The molecule has 0 saturated heterocycles. The number of nitrogen functional groups attached to an aromatic ring is 1. The summed E-state index contributed by atoms with van der Waals surface area (Å²) in [6.45, 7) is 0.500. The van der Waals surface area contributed by atoms with Crippen molar-refractivity contribution in [3.8, 4) is 0 Å². The van der Waals surface area contributed by atoms with Gasteiger partial charge in [-0.3, -0.25) is 20.6 Å². The van der Waals surface area contributed by atoms with Gasteiger partial charge in [-0.05, 0) is 23.8 Å². The Morgan fingerprint density at radius 3 is 2.63 bits per heavy atom. The largest absolute Gasteiger partial charge is 0.337 e. The van der Waals surface area contributed by atoms with Crippen LogP contribution in [0.5, 0.6) is 0 Å². The lowest BCUT2D eigenvalue weighted by atomic mass is 10.2. The molecule has 2 aromatic heterocycles. The van der Waals surface area contributed by atoms with Crippen molar-refractivity contribution < 1.29 is 4.79 Å². The normalized spacial score (nSPS) is 10.0. The second-order valence-electron chi connectivity index (χ2n) is 4.08. The molecule has 0 atom stereocenters. The third-order valence-electron chi connectivity index (χ3n) is 2.72. The zero-order chi connectivity index (χ0) is 13.7. The van der Waals surface area contributed by atoms with Crippen LogP contribution in [0.4, 0.5) is 5.69 Å². The van der Waals surface area contributed by atoms with Crippen LogP contribution in [0.2, 0.25) is 0 Å². The Labute approximate surface area is 111 Å². The van der Waals surface area contributed by atoms with Crippen LogP contribution in [0.3, 0.4) is 0 Å². The van der Waals surface area contributed by atoms with Crippen molar-refractivity contribution in [3.05, 3.63) is 54.1 Å². The third kappa shape index (κ3) is 3.05. The highest BCUT2D eigenvalue weighted by Gasteiger charge is 2.15. The highest BCUT2D eigenvalue weighted by molar-refractivity contribution is 5.99. The minimum atomic E-state index is -0.141. The predicted octanol–water partition coefficient (Wildman–Crippen LogP) is 1.03. The highest BCUT2D eigenvalue weighted by atomic mass is 16.2. The van der Waals surface area contributed by atoms with Gasteiger partial charge >= 0.3 is 0 Å². The fraction of sp³-hybridized carbons (Fsp3) is 0.154. The zero-order valence-corrected chi connectivity index (χ0v) is 10.6. The Morgan fingerprint density at radius 1 is 1.26 bits per heavy atom. The number of rotatable bonds is 4. The van der Waals surface area contributed by atoms with Crippen molar-refractivity contribution in [2.24, 2.45) is 5.84 Å². The smallest absolute Gasteiger partial charge is 0.257 e. The average molecular weight is 257 g/mol. The molecule has 0 spiro atoms. The Morgan fingerprint density at radius 2 is 1.95 bits per heavy atom. The molecule has 2 aromatic rings. The van der Waals surface area contributed by atoms with Gasteiger partial charge in [-0.2, -0.15) is 0 Å². The summed E-state index contributed by atoms with van der Waals surface area (Å²) in [7, 11) is 1.73. The van der Waals surface area contributed by atoms with Crippen LogP contribution >= 0.6 is 0 Å². The molecule has 0 aliphatic carbocycles. The monoisotopic (exact) mass is 257 g/mol. The summed E-state index contributed by atoms with van der Waals surface area (Å²) in [5, 5.41) is 0. The van der Waals surface area contributed by atoms with Crippen molar-refractivity contribution in [2.75, 3.05) is 12.5 Å². The van der Waals surface area contributed by atoms with Gasteiger partial charge in [-0.25, -0.2) is 0 Å². The van der Waals surface area contributed by atoms with E-state index in [9.17, 15) is 4.79 Å². The lowest BCUT2D eigenvalue weighted by Gasteiger charge is -2.18. The van der Waals surface area contributed by atoms with Crippen LogP contribution in [0.15, 0.2) is 43.0 Å². The lowest BCUT2D eigenvalue weighted by Crippen LogP contribution is -2.27. The summed E-state index contributed by atoms with van der Waals surface area (Å²) in [6, 6.07) is 5.40. The maximum absolute atomic E-state index is 12.3. The van der Waals surface area contributed by atoms with Crippen molar-refractivity contribution in [1.82, 2.24) is 14.9 Å². The molecule has 19 heavy (non-hydrogen) atoms. The summed E-state index contributed by atoms with van der Waals surface area (Å²) in [5.74, 6) is 5.24. The molecule has 0 aliphatic rings. The van der Waals surface area contributed by atoms with E-state index in [1.54, 1.807) is 36.6 Å². The van der Waals surface area contributed by atoms with Gasteiger partial charge in [0, 0.05) is 38.4 Å². The van der Waals surface area contributed by atoms with Gasteiger partial charge in [0.05, 0.1) is 11.3 Å². The van der Waals surface area contributed by atoms with E-state index in [0.29, 0.717) is 17.8 Å². The van der Waals surface area contributed by atoms with E-state index in [0.717, 1.165) is 5.56 Å². The number of anilines is 1. The number of carbonyl (C=O) groups is 1. The third-order valence-corrected chi connectivity index (χ3v) is 2.72. The number of nitrogens with one attached hydrogen (secondary N) is 1. The summed E-state index contributed by atoms with van der Waals surface area (Å²) < 4.78 is 0. The van der Waals surface area contributed by atoms with E-state index in [1.165, 1.54) is 6.20 Å². The number of nitrogens with two attached hydrogens (primary N) is 1. The summed E-state index contributed by atoms with van der Waals surface area (Å²) in [5.41, 5.74) is 4.51. The van der Waals surface area contributed by atoms with Crippen LogP contribution in [0.1, 0.15) is 15.9 Å². The first-order valence-electron chi connectivity index (χ1n) is 5.77. The van der Waals surface area contributed by atoms with Gasteiger partial charge in [-0.1, -0.05) is 0 Å². The van der Waals surface area contributed by atoms with Crippen LogP contribution in [-0.2, 0) is 6.54 Å². The first-order valence-corrected chi connectivity index (χ1v) is 5.77. The average Bonchev–Trinajstić information content (AvgIpc) is 2.47. The number of hydrazine groups is 1. The summed E-state index contributed by atoms with van der Waals surface area (Å²) in [4.78, 5) is 21.8. The minimum absolute atomic E-state index is 0.141.